The SMILES string of the molecule is COc1ccc(C)cc1CC(=O)N[C@H](CC(C)C)C(=O)O. The number of ether oxygens (including phenoxy) is 1. The third-order valence-electron chi connectivity index (χ3n) is 3.13. The molecule has 0 aliphatic heterocycles. The summed E-state index contributed by atoms with van der Waals surface area (Å²) in [6, 6.07) is 4.73. The molecule has 2 N–H and O–H groups in total. The number of nitrogens with one attached hydrogen (secondary N) is 1. The van der Waals surface area contributed by atoms with Crippen molar-refractivity contribution in [1.29, 1.82) is 0 Å². The van der Waals surface area contributed by atoms with Crippen LogP contribution in [-0.4, -0.2) is 30.1 Å². The van der Waals surface area contributed by atoms with Crippen LogP contribution in [0.1, 0.15) is 31.4 Å². The summed E-state index contributed by atoms with van der Waals surface area (Å²) in [5, 5.41) is 11.7. The molecule has 0 aromatic heterocycles. The van der Waals surface area contributed by atoms with Gasteiger partial charge in [0.25, 0.3) is 0 Å². The number of carbonyl (C=O) groups is 2. The van der Waals surface area contributed by atoms with Crippen molar-refractivity contribution in [2.24, 2.45) is 5.92 Å². The Hall–Kier alpha value is -2.04. The van der Waals surface area contributed by atoms with Gasteiger partial charge in [0, 0.05) is 5.56 Å². The fourth-order valence-electron chi connectivity index (χ4n) is 2.16. The molecule has 1 amide bonds. The molecule has 1 rings (SSSR count). The summed E-state index contributed by atoms with van der Waals surface area (Å²) in [5.41, 5.74) is 1.78. The molecule has 21 heavy (non-hydrogen) atoms. The Morgan fingerprint density at radius 1 is 1.33 bits per heavy atom. The normalized spacial score (nSPS) is 12.0. The molecular formula is C16H23NO4. The summed E-state index contributed by atoms with van der Waals surface area (Å²) in [5.74, 6) is -0.494. The van der Waals surface area contributed by atoms with Crippen LogP contribution < -0.4 is 10.1 Å². The zero-order chi connectivity index (χ0) is 16.0. The van der Waals surface area contributed by atoms with Crippen molar-refractivity contribution < 1.29 is 19.4 Å². The first-order chi connectivity index (χ1) is 9.83. The Morgan fingerprint density at radius 2 is 2.00 bits per heavy atom. The summed E-state index contributed by atoms with van der Waals surface area (Å²) in [7, 11) is 1.55. The highest BCUT2D eigenvalue weighted by Gasteiger charge is 2.21. The van der Waals surface area contributed by atoms with E-state index in [1.807, 2.05) is 32.9 Å². The quantitative estimate of drug-likeness (QED) is 0.808. The molecule has 1 aromatic rings. The molecule has 0 fully saturated rings. The highest BCUT2D eigenvalue weighted by molar-refractivity contribution is 5.85. The monoisotopic (exact) mass is 293 g/mol. The highest BCUT2D eigenvalue weighted by Crippen LogP contribution is 2.20. The lowest BCUT2D eigenvalue weighted by atomic mass is 10.0. The lowest BCUT2D eigenvalue weighted by Gasteiger charge is -2.17. The van der Waals surface area contributed by atoms with Gasteiger partial charge in [0.05, 0.1) is 13.5 Å². The third-order valence-corrected chi connectivity index (χ3v) is 3.13. The van der Waals surface area contributed by atoms with Crippen LogP contribution in [0.5, 0.6) is 5.75 Å². The second-order valence-corrected chi connectivity index (χ2v) is 5.58. The van der Waals surface area contributed by atoms with Crippen LogP contribution in [0.3, 0.4) is 0 Å². The van der Waals surface area contributed by atoms with E-state index in [2.05, 4.69) is 5.32 Å². The minimum Gasteiger partial charge on any atom is -0.496 e. The number of methoxy groups -OCH3 is 1. The van der Waals surface area contributed by atoms with Crippen LogP contribution in [0.25, 0.3) is 0 Å². The minimum absolute atomic E-state index is 0.104. The topological polar surface area (TPSA) is 75.6 Å². The van der Waals surface area contributed by atoms with Gasteiger partial charge in [-0.15, -0.1) is 0 Å². The van der Waals surface area contributed by atoms with Crippen LogP contribution in [0.15, 0.2) is 18.2 Å². The zero-order valence-electron chi connectivity index (χ0n) is 13.0. The van der Waals surface area contributed by atoms with E-state index in [-0.39, 0.29) is 18.2 Å². The van der Waals surface area contributed by atoms with Crippen molar-refractivity contribution >= 4 is 11.9 Å². The summed E-state index contributed by atoms with van der Waals surface area (Å²) in [6.07, 6.45) is 0.513. The summed E-state index contributed by atoms with van der Waals surface area (Å²) in [6.45, 7) is 5.77. The van der Waals surface area contributed by atoms with E-state index < -0.39 is 12.0 Å². The first kappa shape index (κ1) is 17.0. The summed E-state index contributed by atoms with van der Waals surface area (Å²) >= 11 is 0. The number of carboxylic acids is 1. The predicted molar refractivity (Wildman–Crippen MR) is 80.5 cm³/mol. The maximum absolute atomic E-state index is 12.1. The second kappa shape index (κ2) is 7.67. The number of hydrogen-bond donors (Lipinski definition) is 2. The zero-order valence-corrected chi connectivity index (χ0v) is 13.0. The van der Waals surface area contributed by atoms with Gasteiger partial charge in [-0.2, -0.15) is 0 Å². The van der Waals surface area contributed by atoms with E-state index in [1.54, 1.807) is 13.2 Å². The Balaban J connectivity index is 2.76. The Bertz CT molecular complexity index is 511. The van der Waals surface area contributed by atoms with Crippen LogP contribution in [0.4, 0.5) is 0 Å². The number of hydrogen-bond acceptors (Lipinski definition) is 3. The van der Waals surface area contributed by atoms with E-state index in [4.69, 9.17) is 9.84 Å². The molecule has 0 heterocycles. The number of aliphatic carboxylic acids is 1. The van der Waals surface area contributed by atoms with Gasteiger partial charge in [-0.05, 0) is 25.3 Å². The standard InChI is InChI=1S/C16H23NO4/c1-10(2)7-13(16(19)20)17-15(18)9-12-8-11(3)5-6-14(12)21-4/h5-6,8,10,13H,7,9H2,1-4H3,(H,17,18)(H,19,20)/t13-/m1/s1. The van der Waals surface area contributed by atoms with Crippen LogP contribution >= 0.6 is 0 Å². The molecule has 5 heteroatoms. The van der Waals surface area contributed by atoms with Gasteiger partial charge in [0.15, 0.2) is 0 Å². The summed E-state index contributed by atoms with van der Waals surface area (Å²) < 4.78 is 5.22. The molecule has 0 bridgehead atoms. The molecule has 0 saturated heterocycles. The number of amides is 1. The van der Waals surface area contributed by atoms with Crippen molar-refractivity contribution in [2.45, 2.75) is 39.7 Å². The molecule has 1 atom stereocenters. The maximum atomic E-state index is 12.1. The average Bonchev–Trinajstić information content (AvgIpc) is 2.37. The van der Waals surface area contributed by atoms with Crippen molar-refractivity contribution in [3.63, 3.8) is 0 Å². The van der Waals surface area contributed by atoms with E-state index >= 15 is 0 Å². The Kier molecular flexibility index (Phi) is 6.21. The number of carboxylic acid groups (broad SMARTS) is 1. The predicted octanol–water partition coefficient (Wildman–Crippen LogP) is 2.16. The van der Waals surface area contributed by atoms with E-state index in [1.165, 1.54) is 0 Å². The molecule has 0 spiro atoms. The van der Waals surface area contributed by atoms with Gasteiger partial charge >= 0.3 is 5.97 Å². The van der Waals surface area contributed by atoms with Gasteiger partial charge in [-0.25, -0.2) is 4.79 Å². The molecule has 0 aliphatic carbocycles. The fourth-order valence-corrected chi connectivity index (χ4v) is 2.16. The van der Waals surface area contributed by atoms with E-state index in [0.29, 0.717) is 12.2 Å². The van der Waals surface area contributed by atoms with Crippen LogP contribution in [0.2, 0.25) is 0 Å². The third kappa shape index (κ3) is 5.45. The van der Waals surface area contributed by atoms with E-state index in [9.17, 15) is 9.59 Å². The molecule has 0 aliphatic rings. The van der Waals surface area contributed by atoms with E-state index in [0.717, 1.165) is 11.1 Å². The lowest BCUT2D eigenvalue weighted by molar-refractivity contribution is -0.142. The minimum atomic E-state index is -1.01. The van der Waals surface area contributed by atoms with Gasteiger partial charge < -0.3 is 15.2 Å². The van der Waals surface area contributed by atoms with Gasteiger partial charge in [0.1, 0.15) is 11.8 Å². The second-order valence-electron chi connectivity index (χ2n) is 5.58. The van der Waals surface area contributed by atoms with Crippen molar-refractivity contribution in [1.82, 2.24) is 5.32 Å². The Labute approximate surface area is 125 Å². The van der Waals surface area contributed by atoms with Gasteiger partial charge in [0.2, 0.25) is 5.91 Å². The smallest absolute Gasteiger partial charge is 0.326 e. The van der Waals surface area contributed by atoms with Gasteiger partial charge in [-0.3, -0.25) is 4.79 Å². The molecule has 0 radical (unpaired) electrons. The largest absolute Gasteiger partial charge is 0.496 e. The fraction of sp³-hybridized carbons (Fsp3) is 0.500. The molecule has 1 aromatic carbocycles. The number of aryl methyl sites for hydroxylation is 1. The number of benzene rings is 1. The summed E-state index contributed by atoms with van der Waals surface area (Å²) in [4.78, 5) is 23.2. The molecule has 0 saturated carbocycles. The Morgan fingerprint density at radius 3 is 2.52 bits per heavy atom. The van der Waals surface area contributed by atoms with Crippen molar-refractivity contribution in [3.05, 3.63) is 29.3 Å². The van der Waals surface area contributed by atoms with Gasteiger partial charge in [-0.1, -0.05) is 31.5 Å². The number of rotatable bonds is 7. The first-order valence-electron chi connectivity index (χ1n) is 6.99. The van der Waals surface area contributed by atoms with Crippen LogP contribution in [-0.2, 0) is 16.0 Å². The lowest BCUT2D eigenvalue weighted by Crippen LogP contribution is -2.42. The highest BCUT2D eigenvalue weighted by atomic mass is 16.5. The number of carbonyl (C=O) groups excluding carboxylic acids is 1. The maximum Gasteiger partial charge on any atom is 0.326 e. The van der Waals surface area contributed by atoms with Crippen molar-refractivity contribution in [2.75, 3.05) is 7.11 Å². The average molecular weight is 293 g/mol. The molecule has 116 valence electrons. The molecule has 0 unspecified atom stereocenters. The molecule has 5 nitrogen and oxygen atoms in total. The van der Waals surface area contributed by atoms with Crippen LogP contribution in [0, 0.1) is 12.8 Å². The molecular weight excluding hydrogens is 270 g/mol. The van der Waals surface area contributed by atoms with Crippen molar-refractivity contribution in [3.8, 4) is 5.75 Å². The first-order valence-corrected chi connectivity index (χ1v) is 6.99.